The van der Waals surface area contributed by atoms with Crippen molar-refractivity contribution in [1.82, 2.24) is 0 Å². The van der Waals surface area contributed by atoms with Crippen LogP contribution in [0.4, 0.5) is 0 Å². The summed E-state index contributed by atoms with van der Waals surface area (Å²) in [7, 11) is -4.18. The highest BCUT2D eigenvalue weighted by Gasteiger charge is 2.24. The molecule has 0 atom stereocenters. The zero-order chi connectivity index (χ0) is 23.5. The van der Waals surface area contributed by atoms with E-state index < -0.39 is 22.7 Å². The molecule has 0 aliphatic rings. The summed E-state index contributed by atoms with van der Waals surface area (Å²) in [6.07, 6.45) is 0. The summed E-state index contributed by atoms with van der Waals surface area (Å²) >= 11 is 0. The van der Waals surface area contributed by atoms with Gasteiger partial charge in [-0.2, -0.15) is 8.42 Å². The zero-order valence-corrected chi connectivity index (χ0v) is 19.2. The summed E-state index contributed by atoms with van der Waals surface area (Å²) in [6, 6.07) is 16.3. The predicted octanol–water partition coefficient (Wildman–Crippen LogP) is 4.73. The van der Waals surface area contributed by atoms with E-state index in [1.54, 1.807) is 51.1 Å². The molecule has 0 amide bonds. The molecule has 0 saturated heterocycles. The Hall–Kier alpha value is -3.45. The molecule has 7 heteroatoms. The second-order valence-electron chi connectivity index (χ2n) is 7.62. The first-order chi connectivity index (χ1) is 15.1. The lowest BCUT2D eigenvalue weighted by Gasteiger charge is -2.13. The van der Waals surface area contributed by atoms with Crippen LogP contribution in [0, 0.1) is 27.7 Å². The van der Waals surface area contributed by atoms with Crippen molar-refractivity contribution < 1.29 is 26.9 Å². The quantitative estimate of drug-likeness (QED) is 0.293. The van der Waals surface area contributed by atoms with E-state index in [4.69, 9.17) is 8.92 Å². The Kier molecular flexibility index (Phi) is 6.79. The summed E-state index contributed by atoms with van der Waals surface area (Å²) in [5.74, 6) is -1.37. The Labute approximate surface area is 187 Å². The summed E-state index contributed by atoms with van der Waals surface area (Å²) in [5, 5.41) is 0. The topological polar surface area (TPSA) is 86.7 Å². The number of hydrogen-bond donors (Lipinski definition) is 0. The number of carbonyl (C=O) groups excluding carboxylic acids is 2. The number of esters is 1. The first-order valence-corrected chi connectivity index (χ1v) is 11.4. The van der Waals surface area contributed by atoms with Crippen molar-refractivity contribution in [2.75, 3.05) is 6.61 Å². The largest absolute Gasteiger partial charge is 0.454 e. The Morgan fingerprint density at radius 2 is 1.41 bits per heavy atom. The SMILES string of the molecule is Cc1ccc(C)c(C(=O)COC(=O)c2ccccc2OS(=O)(=O)c2cc(C)ccc2C)c1. The van der Waals surface area contributed by atoms with Gasteiger partial charge in [-0.05, 0) is 68.7 Å². The lowest BCUT2D eigenvalue weighted by Crippen LogP contribution is -2.17. The van der Waals surface area contributed by atoms with Gasteiger partial charge in [-0.3, -0.25) is 4.79 Å². The van der Waals surface area contributed by atoms with Crippen LogP contribution in [-0.4, -0.2) is 26.8 Å². The van der Waals surface area contributed by atoms with Gasteiger partial charge >= 0.3 is 16.1 Å². The molecule has 3 aromatic rings. The van der Waals surface area contributed by atoms with Crippen LogP contribution in [0.5, 0.6) is 5.75 Å². The Morgan fingerprint density at radius 1 is 0.781 bits per heavy atom. The van der Waals surface area contributed by atoms with E-state index in [0.717, 1.165) is 16.7 Å². The number of carbonyl (C=O) groups is 2. The number of benzene rings is 3. The summed E-state index contributed by atoms with van der Waals surface area (Å²) in [5.41, 5.74) is 3.36. The number of rotatable bonds is 7. The van der Waals surface area contributed by atoms with Crippen LogP contribution in [-0.2, 0) is 14.9 Å². The van der Waals surface area contributed by atoms with Crippen molar-refractivity contribution in [2.45, 2.75) is 32.6 Å². The third-order valence-corrected chi connectivity index (χ3v) is 6.32. The van der Waals surface area contributed by atoms with Crippen molar-refractivity contribution in [1.29, 1.82) is 0 Å². The number of para-hydroxylation sites is 1. The van der Waals surface area contributed by atoms with Crippen LogP contribution >= 0.6 is 0 Å². The molecule has 0 aromatic heterocycles. The van der Waals surface area contributed by atoms with E-state index in [0.29, 0.717) is 11.1 Å². The highest BCUT2D eigenvalue weighted by atomic mass is 32.2. The van der Waals surface area contributed by atoms with Crippen LogP contribution in [0.2, 0.25) is 0 Å². The van der Waals surface area contributed by atoms with Gasteiger partial charge in [0.05, 0.1) is 0 Å². The third kappa shape index (κ3) is 5.23. The predicted molar refractivity (Wildman–Crippen MR) is 121 cm³/mol. The lowest BCUT2D eigenvalue weighted by molar-refractivity contribution is 0.0473. The second kappa shape index (κ2) is 9.36. The van der Waals surface area contributed by atoms with Gasteiger partial charge in [0.1, 0.15) is 10.5 Å². The molecule has 3 aromatic carbocycles. The molecule has 0 aliphatic carbocycles. The normalized spacial score (nSPS) is 11.1. The van der Waals surface area contributed by atoms with Gasteiger partial charge in [0.25, 0.3) is 0 Å². The molecule has 0 saturated carbocycles. The first kappa shape index (κ1) is 23.2. The first-order valence-electron chi connectivity index (χ1n) is 9.97. The molecule has 3 rings (SSSR count). The molecule has 0 aliphatic heterocycles. The minimum Gasteiger partial charge on any atom is -0.454 e. The summed E-state index contributed by atoms with van der Waals surface area (Å²) in [4.78, 5) is 25.2. The summed E-state index contributed by atoms with van der Waals surface area (Å²) < 4.78 is 36.2. The lowest BCUT2D eigenvalue weighted by atomic mass is 10.0. The van der Waals surface area contributed by atoms with Gasteiger partial charge in [-0.1, -0.05) is 42.0 Å². The van der Waals surface area contributed by atoms with Crippen LogP contribution in [0.3, 0.4) is 0 Å². The average molecular weight is 453 g/mol. The Morgan fingerprint density at radius 3 is 2.12 bits per heavy atom. The molecular formula is C25H24O6S. The summed E-state index contributed by atoms with van der Waals surface area (Å²) in [6.45, 7) is 6.63. The number of Topliss-reactive ketones (excluding diaryl/α,β-unsaturated/α-hetero) is 1. The average Bonchev–Trinajstić information content (AvgIpc) is 2.75. The smallest absolute Gasteiger partial charge is 0.342 e. The van der Waals surface area contributed by atoms with Gasteiger partial charge in [-0.15, -0.1) is 0 Å². The van der Waals surface area contributed by atoms with Crippen LogP contribution in [0.1, 0.15) is 43.0 Å². The van der Waals surface area contributed by atoms with E-state index >= 15 is 0 Å². The van der Waals surface area contributed by atoms with Gasteiger partial charge < -0.3 is 8.92 Å². The third-order valence-electron chi connectivity index (χ3n) is 4.95. The monoisotopic (exact) mass is 452 g/mol. The minimum absolute atomic E-state index is 0.0192. The maximum atomic E-state index is 12.8. The van der Waals surface area contributed by atoms with Gasteiger partial charge in [0, 0.05) is 5.56 Å². The van der Waals surface area contributed by atoms with Crippen LogP contribution < -0.4 is 4.18 Å². The highest BCUT2D eigenvalue weighted by molar-refractivity contribution is 7.87. The Balaban J connectivity index is 1.80. The van der Waals surface area contributed by atoms with E-state index in [9.17, 15) is 18.0 Å². The number of ether oxygens (including phenoxy) is 1. The number of hydrogen-bond acceptors (Lipinski definition) is 6. The van der Waals surface area contributed by atoms with E-state index in [1.807, 2.05) is 19.1 Å². The fourth-order valence-electron chi connectivity index (χ4n) is 3.17. The van der Waals surface area contributed by atoms with Gasteiger partial charge in [0.15, 0.2) is 12.4 Å². The molecule has 0 fully saturated rings. The van der Waals surface area contributed by atoms with Crippen LogP contribution in [0.25, 0.3) is 0 Å². The molecule has 0 bridgehead atoms. The maximum absolute atomic E-state index is 12.8. The molecule has 0 heterocycles. The van der Waals surface area contributed by atoms with Crippen molar-refractivity contribution in [3.8, 4) is 5.75 Å². The van der Waals surface area contributed by atoms with Crippen LogP contribution in [0.15, 0.2) is 65.6 Å². The van der Waals surface area contributed by atoms with E-state index in [-0.39, 0.29) is 22.0 Å². The van der Waals surface area contributed by atoms with Gasteiger partial charge in [-0.25, -0.2) is 4.79 Å². The molecule has 0 radical (unpaired) electrons. The van der Waals surface area contributed by atoms with Gasteiger partial charge in [0.2, 0.25) is 5.78 Å². The highest BCUT2D eigenvalue weighted by Crippen LogP contribution is 2.26. The maximum Gasteiger partial charge on any atom is 0.342 e. The van der Waals surface area contributed by atoms with E-state index in [1.165, 1.54) is 18.2 Å². The Bertz CT molecular complexity index is 1290. The second-order valence-corrected chi connectivity index (χ2v) is 9.13. The zero-order valence-electron chi connectivity index (χ0n) is 18.3. The standard InChI is InChI=1S/C25H24O6S/c1-16-9-11-18(3)21(13-16)22(26)15-30-25(27)20-7-5-6-8-23(20)31-32(28,29)24-14-17(2)10-12-19(24)4/h5-14H,15H2,1-4H3. The molecule has 166 valence electrons. The molecule has 0 N–H and O–H groups in total. The van der Waals surface area contributed by atoms with Crippen molar-refractivity contribution in [3.05, 3.63) is 94.0 Å². The molecule has 32 heavy (non-hydrogen) atoms. The fraction of sp³-hybridized carbons (Fsp3) is 0.200. The molecular weight excluding hydrogens is 428 g/mol. The van der Waals surface area contributed by atoms with E-state index in [2.05, 4.69) is 0 Å². The van der Waals surface area contributed by atoms with Crippen molar-refractivity contribution >= 4 is 21.9 Å². The number of ketones is 1. The number of aryl methyl sites for hydroxylation is 4. The molecule has 6 nitrogen and oxygen atoms in total. The molecule has 0 spiro atoms. The molecule has 0 unspecified atom stereocenters. The fourth-order valence-corrected chi connectivity index (χ4v) is 4.43. The van der Waals surface area contributed by atoms with Crippen molar-refractivity contribution in [3.63, 3.8) is 0 Å². The van der Waals surface area contributed by atoms with Crippen molar-refractivity contribution in [2.24, 2.45) is 0 Å². The minimum atomic E-state index is -4.18.